The van der Waals surface area contributed by atoms with E-state index in [0.29, 0.717) is 51.6 Å². The standard InChI is InChI=1S/C38H59N5O4S/c1-28(2)26-43(48(5,46)47)27-35(30-11-7-6-8-12-30)41-19-21-42(22-20-41)37(45)34(23-29-15-17-38(3,4)18-16-29)40-36(44)24-33-32-14-10-9-13-31(32)25-39-33/h9-10,13-17,28,30,33-35,39H,6-8,11-12,18-27H2,1-5H3,(H,40,44). The largest absolute Gasteiger partial charge is 0.344 e. The Hall–Kier alpha value is -2.53. The zero-order valence-corrected chi connectivity index (χ0v) is 30.7. The minimum atomic E-state index is -3.34. The number of fused-ring (bicyclic) bond motifs is 1. The van der Waals surface area contributed by atoms with Gasteiger partial charge in [0.25, 0.3) is 0 Å². The molecule has 3 atom stereocenters. The van der Waals surface area contributed by atoms with Crippen molar-refractivity contribution in [2.75, 3.05) is 45.5 Å². The lowest BCUT2D eigenvalue weighted by atomic mass is 9.82. The number of amides is 2. The fourth-order valence-corrected chi connectivity index (χ4v) is 8.98. The van der Waals surface area contributed by atoms with Crippen molar-refractivity contribution in [3.05, 3.63) is 59.2 Å². The van der Waals surface area contributed by atoms with Gasteiger partial charge < -0.3 is 15.5 Å². The molecule has 4 aliphatic rings. The maximum absolute atomic E-state index is 14.2. The van der Waals surface area contributed by atoms with E-state index in [-0.39, 0.29) is 41.7 Å². The quantitative estimate of drug-likeness (QED) is 0.304. The SMILES string of the molecule is CC(C)CN(CC(C1CCCCC1)N1CCN(C(=O)C(CC2=CCC(C)(C)C=C2)NC(=O)CC2NCc3ccccc32)CC1)S(C)(=O)=O. The minimum Gasteiger partial charge on any atom is -0.344 e. The summed E-state index contributed by atoms with van der Waals surface area (Å²) in [5.41, 5.74) is 3.54. The number of hydrogen-bond acceptors (Lipinski definition) is 6. The predicted octanol–water partition coefficient (Wildman–Crippen LogP) is 5.02. The second-order valence-electron chi connectivity index (χ2n) is 15.8. The van der Waals surface area contributed by atoms with E-state index in [1.165, 1.54) is 31.1 Å². The van der Waals surface area contributed by atoms with Gasteiger partial charge in [0, 0.05) is 70.7 Å². The summed E-state index contributed by atoms with van der Waals surface area (Å²) in [7, 11) is -3.34. The van der Waals surface area contributed by atoms with E-state index in [2.05, 4.69) is 73.6 Å². The van der Waals surface area contributed by atoms with Crippen LogP contribution in [0.2, 0.25) is 0 Å². The third-order valence-electron chi connectivity index (χ3n) is 10.8. The molecule has 10 heteroatoms. The van der Waals surface area contributed by atoms with Crippen molar-refractivity contribution >= 4 is 21.8 Å². The lowest BCUT2D eigenvalue weighted by Crippen LogP contribution is -2.59. The lowest BCUT2D eigenvalue weighted by molar-refractivity contribution is -0.138. The molecular weight excluding hydrogens is 623 g/mol. The van der Waals surface area contributed by atoms with Crippen LogP contribution in [-0.4, -0.2) is 91.9 Å². The third kappa shape index (κ3) is 9.79. The highest BCUT2D eigenvalue weighted by Gasteiger charge is 2.37. The van der Waals surface area contributed by atoms with E-state index in [9.17, 15) is 18.0 Å². The molecule has 2 heterocycles. The Morgan fingerprint density at radius 1 is 1.04 bits per heavy atom. The molecule has 1 aromatic carbocycles. The number of piperazine rings is 1. The molecule has 9 nitrogen and oxygen atoms in total. The van der Waals surface area contributed by atoms with Gasteiger partial charge in [0.05, 0.1) is 6.26 Å². The van der Waals surface area contributed by atoms with E-state index in [1.807, 2.05) is 17.0 Å². The first-order valence-corrected chi connectivity index (χ1v) is 20.1. The molecule has 2 aliphatic carbocycles. The summed E-state index contributed by atoms with van der Waals surface area (Å²) < 4.78 is 27.4. The van der Waals surface area contributed by atoms with Gasteiger partial charge in [-0.1, -0.05) is 89.5 Å². The van der Waals surface area contributed by atoms with E-state index >= 15 is 0 Å². The Labute approximate surface area is 289 Å². The van der Waals surface area contributed by atoms with Crippen LogP contribution in [0.3, 0.4) is 0 Å². The van der Waals surface area contributed by atoms with Crippen LogP contribution in [0.25, 0.3) is 0 Å². The van der Waals surface area contributed by atoms with Crippen molar-refractivity contribution in [3.63, 3.8) is 0 Å². The number of rotatable bonds is 13. The average molecular weight is 682 g/mol. The summed E-state index contributed by atoms with van der Waals surface area (Å²) >= 11 is 0. The number of allylic oxidation sites excluding steroid dienone is 3. The first-order valence-electron chi connectivity index (χ1n) is 18.3. The zero-order chi connectivity index (χ0) is 34.5. The van der Waals surface area contributed by atoms with E-state index in [1.54, 1.807) is 4.31 Å². The molecule has 2 N–H and O–H groups in total. The maximum Gasteiger partial charge on any atom is 0.245 e. The highest BCUT2D eigenvalue weighted by molar-refractivity contribution is 7.88. The highest BCUT2D eigenvalue weighted by atomic mass is 32.2. The summed E-state index contributed by atoms with van der Waals surface area (Å²) in [5.74, 6) is 0.541. The summed E-state index contributed by atoms with van der Waals surface area (Å²) in [6.07, 6.45) is 15.4. The lowest BCUT2D eigenvalue weighted by Gasteiger charge is -2.45. The Balaban J connectivity index is 1.27. The normalized spacial score (nSPS) is 23.2. The molecule has 2 fully saturated rings. The van der Waals surface area contributed by atoms with Crippen molar-refractivity contribution < 1.29 is 18.0 Å². The van der Waals surface area contributed by atoms with Crippen LogP contribution < -0.4 is 10.6 Å². The van der Waals surface area contributed by atoms with Gasteiger partial charge in [0.1, 0.15) is 6.04 Å². The second-order valence-corrected chi connectivity index (χ2v) is 17.7. The minimum absolute atomic E-state index is 0.0336. The summed E-state index contributed by atoms with van der Waals surface area (Å²) in [6.45, 7) is 12.8. The van der Waals surface area contributed by atoms with Crippen molar-refractivity contribution in [2.45, 2.75) is 104 Å². The third-order valence-corrected chi connectivity index (χ3v) is 12.0. The second kappa shape index (κ2) is 16.0. The van der Waals surface area contributed by atoms with Crippen LogP contribution >= 0.6 is 0 Å². The van der Waals surface area contributed by atoms with Crippen LogP contribution in [0.5, 0.6) is 0 Å². The summed E-state index contributed by atoms with van der Waals surface area (Å²) in [4.78, 5) is 32.1. The van der Waals surface area contributed by atoms with E-state index in [4.69, 9.17) is 0 Å². The molecule has 48 heavy (non-hydrogen) atoms. The molecule has 2 amide bonds. The fraction of sp³-hybridized carbons (Fsp3) is 0.684. The molecule has 266 valence electrons. The molecule has 0 bridgehead atoms. The van der Waals surface area contributed by atoms with Gasteiger partial charge >= 0.3 is 0 Å². The van der Waals surface area contributed by atoms with Crippen LogP contribution in [-0.2, 0) is 26.2 Å². The van der Waals surface area contributed by atoms with Crippen molar-refractivity contribution in [1.29, 1.82) is 0 Å². The Kier molecular flexibility index (Phi) is 12.2. The number of nitrogens with one attached hydrogen (secondary N) is 2. The van der Waals surface area contributed by atoms with Gasteiger partial charge in [0.15, 0.2) is 0 Å². The van der Waals surface area contributed by atoms with Gasteiger partial charge in [-0.3, -0.25) is 14.5 Å². The summed E-state index contributed by atoms with van der Waals surface area (Å²) in [5, 5.41) is 6.61. The van der Waals surface area contributed by atoms with Gasteiger partial charge in [0.2, 0.25) is 21.8 Å². The molecule has 0 aromatic heterocycles. The molecule has 3 unspecified atom stereocenters. The molecule has 1 saturated heterocycles. The zero-order valence-electron chi connectivity index (χ0n) is 29.9. The van der Waals surface area contributed by atoms with Crippen molar-refractivity contribution in [2.24, 2.45) is 17.3 Å². The number of carbonyl (C=O) groups is 2. The average Bonchev–Trinajstić information content (AvgIpc) is 3.45. The topological polar surface area (TPSA) is 102 Å². The number of benzene rings is 1. The molecule has 5 rings (SSSR count). The van der Waals surface area contributed by atoms with Gasteiger partial charge in [-0.05, 0) is 53.2 Å². The van der Waals surface area contributed by atoms with Crippen LogP contribution in [0.4, 0.5) is 0 Å². The van der Waals surface area contributed by atoms with Gasteiger partial charge in [-0.2, -0.15) is 0 Å². The molecule has 1 aromatic rings. The first kappa shape index (κ1) is 36.7. The fourth-order valence-electron chi connectivity index (χ4n) is 7.99. The Morgan fingerprint density at radius 3 is 2.40 bits per heavy atom. The van der Waals surface area contributed by atoms with E-state index in [0.717, 1.165) is 36.9 Å². The maximum atomic E-state index is 14.2. The van der Waals surface area contributed by atoms with Crippen LogP contribution in [0.1, 0.15) is 96.2 Å². The first-order chi connectivity index (χ1) is 22.8. The Bertz CT molecular complexity index is 1440. The number of sulfonamides is 1. The smallest absolute Gasteiger partial charge is 0.245 e. The van der Waals surface area contributed by atoms with Crippen LogP contribution in [0.15, 0.2) is 48.1 Å². The van der Waals surface area contributed by atoms with Crippen molar-refractivity contribution in [3.8, 4) is 0 Å². The molecule has 2 aliphatic heterocycles. The predicted molar refractivity (Wildman–Crippen MR) is 193 cm³/mol. The number of hydrogen-bond donors (Lipinski definition) is 2. The Morgan fingerprint density at radius 2 is 1.75 bits per heavy atom. The number of nitrogens with zero attached hydrogens (tertiary/aromatic N) is 3. The molecular formula is C38H59N5O4S. The highest BCUT2D eigenvalue weighted by Crippen LogP contribution is 2.32. The van der Waals surface area contributed by atoms with Gasteiger partial charge in [-0.15, -0.1) is 0 Å². The number of carbonyl (C=O) groups excluding carboxylic acids is 2. The monoisotopic (exact) mass is 681 g/mol. The van der Waals surface area contributed by atoms with Crippen LogP contribution in [0, 0.1) is 17.3 Å². The van der Waals surface area contributed by atoms with Gasteiger partial charge in [-0.25, -0.2) is 12.7 Å². The molecule has 0 spiro atoms. The van der Waals surface area contributed by atoms with E-state index < -0.39 is 16.1 Å². The molecule has 0 radical (unpaired) electrons. The summed E-state index contributed by atoms with van der Waals surface area (Å²) in [6, 6.07) is 7.63. The van der Waals surface area contributed by atoms with Crippen molar-refractivity contribution in [1.82, 2.24) is 24.7 Å². The molecule has 1 saturated carbocycles.